The predicted molar refractivity (Wildman–Crippen MR) is 74.1 cm³/mol. The highest BCUT2D eigenvalue weighted by molar-refractivity contribution is 6.74. The summed E-state index contributed by atoms with van der Waals surface area (Å²) in [7, 11) is -1.71. The van der Waals surface area contributed by atoms with Crippen LogP contribution in [-0.4, -0.2) is 45.6 Å². The van der Waals surface area contributed by atoms with Crippen LogP contribution in [0.15, 0.2) is 0 Å². The lowest BCUT2D eigenvalue weighted by atomic mass is 10.1. The van der Waals surface area contributed by atoms with E-state index in [4.69, 9.17) is 19.0 Å². The number of ether oxygens (including phenoxy) is 2. The highest BCUT2D eigenvalue weighted by Gasteiger charge is 2.40. The fraction of sp³-hybridized carbons (Fsp3) is 1.00. The molecule has 0 spiro atoms. The third-order valence-corrected chi connectivity index (χ3v) is 8.60. The Labute approximate surface area is 112 Å². The van der Waals surface area contributed by atoms with Crippen LogP contribution in [0.4, 0.5) is 0 Å². The molecular weight excluding hydrogens is 248 g/mol. The molecule has 1 N–H and O–H groups in total. The van der Waals surface area contributed by atoms with Crippen molar-refractivity contribution in [3.8, 4) is 0 Å². The molecular formula is C13H28O4Si. The van der Waals surface area contributed by atoms with Crippen molar-refractivity contribution in [2.24, 2.45) is 0 Å². The van der Waals surface area contributed by atoms with Gasteiger partial charge in [0.05, 0.1) is 13.2 Å². The summed E-state index contributed by atoms with van der Waals surface area (Å²) in [6, 6.07) is 0. The van der Waals surface area contributed by atoms with E-state index in [0.29, 0.717) is 32.7 Å². The molecule has 1 aliphatic heterocycles. The minimum Gasteiger partial charge on any atom is -0.417 e. The molecule has 1 rings (SSSR count). The first-order valence-electron chi connectivity index (χ1n) is 6.75. The number of hydrogen-bond donors (Lipinski definition) is 1. The largest absolute Gasteiger partial charge is 0.417 e. The summed E-state index contributed by atoms with van der Waals surface area (Å²) in [5.74, 6) is -0.614. The SMILES string of the molecule is CC(C)(C)[Si](C)(C)OCCC1(CCO)OCCO1. The Hall–Kier alpha value is 0.0569. The van der Waals surface area contributed by atoms with Crippen LogP contribution in [-0.2, 0) is 13.9 Å². The monoisotopic (exact) mass is 276 g/mol. The molecule has 1 aliphatic rings. The van der Waals surface area contributed by atoms with E-state index >= 15 is 0 Å². The summed E-state index contributed by atoms with van der Waals surface area (Å²) in [4.78, 5) is 0. The van der Waals surface area contributed by atoms with Crippen LogP contribution in [0.1, 0.15) is 33.6 Å². The summed E-state index contributed by atoms with van der Waals surface area (Å²) in [5, 5.41) is 9.30. The first-order chi connectivity index (χ1) is 8.22. The molecule has 4 nitrogen and oxygen atoms in total. The molecule has 0 aliphatic carbocycles. The van der Waals surface area contributed by atoms with Crippen molar-refractivity contribution in [1.29, 1.82) is 0 Å². The molecule has 5 heteroatoms. The molecule has 0 aromatic rings. The summed E-state index contributed by atoms with van der Waals surface area (Å²) in [5.41, 5.74) is 0. The van der Waals surface area contributed by atoms with Gasteiger partial charge in [-0.25, -0.2) is 0 Å². The average Bonchev–Trinajstić information content (AvgIpc) is 2.65. The normalized spacial score (nSPS) is 20.3. The molecule has 0 bridgehead atoms. The Morgan fingerprint density at radius 3 is 2.17 bits per heavy atom. The standard InChI is InChI=1S/C13H28O4Si/c1-12(2,3)18(4,5)17-9-7-13(6-8-14)15-10-11-16-13/h14H,6-11H2,1-5H3. The second kappa shape index (κ2) is 6.01. The maximum absolute atomic E-state index is 9.09. The Bertz CT molecular complexity index is 254. The van der Waals surface area contributed by atoms with Gasteiger partial charge in [0, 0.05) is 26.1 Å². The van der Waals surface area contributed by atoms with Crippen molar-refractivity contribution < 1.29 is 19.0 Å². The van der Waals surface area contributed by atoms with Crippen molar-refractivity contribution in [2.75, 3.05) is 26.4 Å². The minimum atomic E-state index is -1.71. The van der Waals surface area contributed by atoms with Gasteiger partial charge in [-0.05, 0) is 18.1 Å². The second-order valence-electron chi connectivity index (χ2n) is 6.44. The molecule has 108 valence electrons. The van der Waals surface area contributed by atoms with Crippen LogP contribution in [0, 0.1) is 0 Å². The molecule has 0 aromatic carbocycles. The fourth-order valence-electron chi connectivity index (χ4n) is 1.76. The van der Waals surface area contributed by atoms with Crippen LogP contribution in [0.5, 0.6) is 0 Å². The number of aliphatic hydroxyl groups is 1. The zero-order valence-electron chi connectivity index (χ0n) is 12.4. The Morgan fingerprint density at radius 2 is 1.72 bits per heavy atom. The topological polar surface area (TPSA) is 47.9 Å². The summed E-state index contributed by atoms with van der Waals surface area (Å²) in [6.45, 7) is 13.1. The van der Waals surface area contributed by atoms with Gasteiger partial charge in [0.2, 0.25) is 0 Å². The quantitative estimate of drug-likeness (QED) is 0.757. The van der Waals surface area contributed by atoms with Crippen molar-refractivity contribution >= 4 is 8.32 Å². The minimum absolute atomic E-state index is 0.0834. The van der Waals surface area contributed by atoms with Crippen LogP contribution in [0.3, 0.4) is 0 Å². The smallest absolute Gasteiger partial charge is 0.191 e. The van der Waals surface area contributed by atoms with Gasteiger partial charge in [-0.15, -0.1) is 0 Å². The van der Waals surface area contributed by atoms with Crippen LogP contribution in [0.2, 0.25) is 18.1 Å². The molecule has 0 unspecified atom stereocenters. The molecule has 0 saturated carbocycles. The highest BCUT2D eigenvalue weighted by Crippen LogP contribution is 2.37. The first kappa shape index (κ1) is 16.1. The lowest BCUT2D eigenvalue weighted by Gasteiger charge is -2.37. The molecule has 1 saturated heterocycles. The second-order valence-corrected chi connectivity index (χ2v) is 11.2. The van der Waals surface area contributed by atoms with Gasteiger partial charge in [0.25, 0.3) is 0 Å². The van der Waals surface area contributed by atoms with Gasteiger partial charge in [-0.3, -0.25) is 0 Å². The maximum Gasteiger partial charge on any atom is 0.191 e. The Balaban J connectivity index is 2.45. The lowest BCUT2D eigenvalue weighted by molar-refractivity contribution is -0.175. The van der Waals surface area contributed by atoms with Crippen molar-refractivity contribution in [1.82, 2.24) is 0 Å². The van der Waals surface area contributed by atoms with E-state index < -0.39 is 14.1 Å². The van der Waals surface area contributed by atoms with E-state index in [1.165, 1.54) is 0 Å². The molecule has 1 fully saturated rings. The van der Waals surface area contributed by atoms with Crippen molar-refractivity contribution in [3.63, 3.8) is 0 Å². The molecule has 0 amide bonds. The van der Waals surface area contributed by atoms with E-state index in [1.807, 2.05) is 0 Å². The van der Waals surface area contributed by atoms with Crippen LogP contribution < -0.4 is 0 Å². The number of rotatable bonds is 6. The zero-order chi connectivity index (χ0) is 13.9. The van der Waals surface area contributed by atoms with Gasteiger partial charge in [-0.2, -0.15) is 0 Å². The van der Waals surface area contributed by atoms with Crippen LogP contribution >= 0.6 is 0 Å². The van der Waals surface area contributed by atoms with Gasteiger partial charge >= 0.3 is 0 Å². The molecule has 18 heavy (non-hydrogen) atoms. The van der Waals surface area contributed by atoms with Crippen LogP contribution in [0.25, 0.3) is 0 Å². The third kappa shape index (κ3) is 4.03. The predicted octanol–water partition coefficient (Wildman–Crippen LogP) is 2.52. The van der Waals surface area contributed by atoms with Gasteiger partial charge in [-0.1, -0.05) is 20.8 Å². The van der Waals surface area contributed by atoms with E-state index in [0.717, 1.165) is 0 Å². The summed E-state index contributed by atoms with van der Waals surface area (Å²) in [6.07, 6.45) is 1.22. The van der Waals surface area contributed by atoms with E-state index in [1.54, 1.807) is 0 Å². The highest BCUT2D eigenvalue weighted by atomic mass is 28.4. The van der Waals surface area contributed by atoms with Crippen molar-refractivity contribution in [3.05, 3.63) is 0 Å². The average molecular weight is 276 g/mol. The Kier molecular flexibility index (Phi) is 5.38. The Morgan fingerprint density at radius 1 is 1.17 bits per heavy atom. The van der Waals surface area contributed by atoms with E-state index in [2.05, 4.69) is 33.9 Å². The van der Waals surface area contributed by atoms with E-state index in [9.17, 15) is 0 Å². The van der Waals surface area contributed by atoms with E-state index in [-0.39, 0.29) is 11.6 Å². The zero-order valence-corrected chi connectivity index (χ0v) is 13.4. The van der Waals surface area contributed by atoms with Gasteiger partial charge in [0.1, 0.15) is 0 Å². The maximum atomic E-state index is 9.09. The fourth-order valence-corrected chi connectivity index (χ4v) is 2.80. The molecule has 1 heterocycles. The van der Waals surface area contributed by atoms with Gasteiger partial charge < -0.3 is 19.0 Å². The number of hydrogen-bond acceptors (Lipinski definition) is 4. The third-order valence-electron chi connectivity index (χ3n) is 4.06. The first-order valence-corrected chi connectivity index (χ1v) is 9.66. The van der Waals surface area contributed by atoms with Crippen molar-refractivity contribution in [2.45, 2.75) is 57.5 Å². The molecule has 0 atom stereocenters. The summed E-state index contributed by atoms with van der Waals surface area (Å²) < 4.78 is 17.4. The molecule has 0 radical (unpaired) electrons. The number of aliphatic hydroxyl groups excluding tert-OH is 1. The molecule has 0 aromatic heterocycles. The summed E-state index contributed by atoms with van der Waals surface area (Å²) >= 11 is 0. The lowest BCUT2D eigenvalue weighted by Crippen LogP contribution is -2.42. The van der Waals surface area contributed by atoms with Gasteiger partial charge in [0.15, 0.2) is 14.1 Å².